The van der Waals surface area contributed by atoms with Gasteiger partial charge in [0.15, 0.2) is 5.82 Å². The van der Waals surface area contributed by atoms with Gasteiger partial charge >= 0.3 is 12.0 Å². The van der Waals surface area contributed by atoms with Crippen LogP contribution >= 0.6 is 0 Å². The Kier molecular flexibility index (Phi) is 4.65. The molecule has 0 atom stereocenters. The smallest absolute Gasteiger partial charge is 0.328 e. The molecule has 1 heterocycles. The molecule has 0 saturated carbocycles. The van der Waals surface area contributed by atoms with Gasteiger partial charge in [0.25, 0.3) is 0 Å². The average Bonchev–Trinajstić information content (AvgIpc) is 2.98. The Morgan fingerprint density at radius 3 is 2.67 bits per heavy atom. The Hall–Kier alpha value is -3.16. The maximum absolute atomic E-state index is 11.6. The van der Waals surface area contributed by atoms with Gasteiger partial charge in [0.1, 0.15) is 0 Å². The molecule has 0 bridgehead atoms. The van der Waals surface area contributed by atoms with Crippen molar-refractivity contribution in [3.05, 3.63) is 48.1 Å². The summed E-state index contributed by atoms with van der Waals surface area (Å²) in [4.78, 5) is 25.8. The van der Waals surface area contributed by atoms with Gasteiger partial charge in [0.05, 0.1) is 6.54 Å². The molecule has 108 valence electrons. The van der Waals surface area contributed by atoms with Crippen molar-refractivity contribution in [1.82, 2.24) is 15.5 Å². The molecule has 1 aromatic carbocycles. The van der Waals surface area contributed by atoms with Gasteiger partial charge in [-0.25, -0.2) is 9.59 Å². The number of aromatic nitrogens is 2. The van der Waals surface area contributed by atoms with Gasteiger partial charge < -0.3 is 20.3 Å². The highest BCUT2D eigenvalue weighted by Crippen LogP contribution is 2.10. The van der Waals surface area contributed by atoms with Crippen molar-refractivity contribution in [2.75, 3.05) is 5.32 Å². The molecule has 0 radical (unpaired) electrons. The van der Waals surface area contributed by atoms with Crippen LogP contribution in [-0.4, -0.2) is 27.2 Å². The number of rotatable bonds is 5. The van der Waals surface area contributed by atoms with Crippen LogP contribution in [0.25, 0.3) is 6.08 Å². The van der Waals surface area contributed by atoms with E-state index in [4.69, 9.17) is 5.11 Å². The molecule has 0 unspecified atom stereocenters. The van der Waals surface area contributed by atoms with E-state index in [1.54, 1.807) is 24.3 Å². The summed E-state index contributed by atoms with van der Waals surface area (Å²) in [6, 6.07) is 6.29. The molecule has 8 nitrogen and oxygen atoms in total. The van der Waals surface area contributed by atoms with Gasteiger partial charge in [0, 0.05) is 11.8 Å². The normalized spacial score (nSPS) is 10.5. The van der Waals surface area contributed by atoms with Gasteiger partial charge in [-0.15, -0.1) is 0 Å². The summed E-state index contributed by atoms with van der Waals surface area (Å²) in [5.41, 5.74) is 1.29. The molecular weight excluding hydrogens is 276 g/mol. The first kappa shape index (κ1) is 14.3. The molecule has 2 rings (SSSR count). The van der Waals surface area contributed by atoms with Crippen molar-refractivity contribution in [3.8, 4) is 0 Å². The van der Waals surface area contributed by atoms with Gasteiger partial charge in [-0.2, -0.15) is 4.98 Å². The summed E-state index contributed by atoms with van der Waals surface area (Å²) in [5, 5.41) is 17.3. The minimum atomic E-state index is -1.02. The minimum Gasteiger partial charge on any atom is -0.478 e. The molecule has 0 spiro atoms. The maximum atomic E-state index is 11.6. The number of carboxylic acids is 1. The van der Waals surface area contributed by atoms with Gasteiger partial charge in [0.2, 0.25) is 6.39 Å². The monoisotopic (exact) mass is 288 g/mol. The van der Waals surface area contributed by atoms with Crippen LogP contribution < -0.4 is 10.6 Å². The standard InChI is InChI=1S/C13H12N4O4/c18-12(19)6-3-9-1-4-10(5-2-9)16-13(20)14-7-11-15-8-21-17-11/h1-6,8H,7H2,(H,18,19)(H2,14,16,20)/b6-3+. The van der Waals surface area contributed by atoms with Crippen LogP contribution in [-0.2, 0) is 11.3 Å². The minimum absolute atomic E-state index is 0.155. The zero-order chi connectivity index (χ0) is 15.1. The van der Waals surface area contributed by atoms with Crippen molar-refractivity contribution < 1.29 is 19.2 Å². The molecule has 0 fully saturated rings. The first-order valence-corrected chi connectivity index (χ1v) is 5.94. The van der Waals surface area contributed by atoms with Crippen LogP contribution in [0.15, 0.2) is 41.3 Å². The summed E-state index contributed by atoms with van der Waals surface area (Å²) in [5.74, 6) is -0.641. The van der Waals surface area contributed by atoms with Crippen LogP contribution in [0, 0.1) is 0 Å². The van der Waals surface area contributed by atoms with Gasteiger partial charge in [-0.1, -0.05) is 17.3 Å². The van der Waals surface area contributed by atoms with Crippen LogP contribution in [0.1, 0.15) is 11.4 Å². The molecule has 21 heavy (non-hydrogen) atoms. The van der Waals surface area contributed by atoms with Crippen molar-refractivity contribution in [1.29, 1.82) is 0 Å². The fraction of sp³-hybridized carbons (Fsp3) is 0.0769. The number of hydrogen-bond donors (Lipinski definition) is 3. The predicted molar refractivity (Wildman–Crippen MR) is 73.3 cm³/mol. The van der Waals surface area contributed by atoms with E-state index >= 15 is 0 Å². The number of urea groups is 1. The second-order valence-corrected chi connectivity index (χ2v) is 3.95. The third kappa shape index (κ3) is 4.78. The summed E-state index contributed by atoms with van der Waals surface area (Å²) in [7, 11) is 0. The third-order valence-corrected chi connectivity index (χ3v) is 2.40. The van der Waals surface area contributed by atoms with Crippen LogP contribution in [0.4, 0.5) is 10.5 Å². The topological polar surface area (TPSA) is 117 Å². The lowest BCUT2D eigenvalue weighted by atomic mass is 10.2. The summed E-state index contributed by atoms with van der Waals surface area (Å²) >= 11 is 0. The molecule has 1 aromatic heterocycles. The first-order valence-electron chi connectivity index (χ1n) is 5.94. The molecular formula is C13H12N4O4. The van der Waals surface area contributed by atoms with Crippen molar-refractivity contribution in [2.24, 2.45) is 0 Å². The van der Waals surface area contributed by atoms with E-state index in [1.807, 2.05) is 0 Å². The molecule has 0 aliphatic heterocycles. The van der Waals surface area contributed by atoms with Crippen molar-refractivity contribution in [3.63, 3.8) is 0 Å². The highest BCUT2D eigenvalue weighted by Gasteiger charge is 2.03. The predicted octanol–water partition coefficient (Wildman–Crippen LogP) is 1.49. The zero-order valence-electron chi connectivity index (χ0n) is 10.8. The van der Waals surface area contributed by atoms with E-state index in [-0.39, 0.29) is 6.54 Å². The lowest BCUT2D eigenvalue weighted by molar-refractivity contribution is -0.131. The molecule has 0 saturated heterocycles. The Morgan fingerprint density at radius 1 is 1.29 bits per heavy atom. The van der Waals surface area contributed by atoms with E-state index in [0.29, 0.717) is 11.5 Å². The van der Waals surface area contributed by atoms with Gasteiger partial charge in [-0.05, 0) is 23.8 Å². The molecule has 0 aliphatic carbocycles. The van der Waals surface area contributed by atoms with Crippen molar-refractivity contribution in [2.45, 2.75) is 6.54 Å². The molecule has 2 aromatic rings. The van der Waals surface area contributed by atoms with Crippen molar-refractivity contribution >= 4 is 23.8 Å². The zero-order valence-corrected chi connectivity index (χ0v) is 10.8. The highest BCUT2D eigenvalue weighted by atomic mass is 16.5. The SMILES string of the molecule is O=C(O)/C=C/c1ccc(NC(=O)NCc2ncon2)cc1. The third-order valence-electron chi connectivity index (χ3n) is 2.40. The summed E-state index contributed by atoms with van der Waals surface area (Å²) in [6.07, 6.45) is 3.68. The maximum Gasteiger partial charge on any atom is 0.328 e. The summed E-state index contributed by atoms with van der Waals surface area (Å²) < 4.78 is 4.54. The number of nitrogens with one attached hydrogen (secondary N) is 2. The summed E-state index contributed by atoms with van der Waals surface area (Å²) in [6.45, 7) is 0.155. The van der Waals surface area contributed by atoms with Crippen LogP contribution in [0.2, 0.25) is 0 Å². The fourth-order valence-electron chi connectivity index (χ4n) is 1.45. The number of hydrogen-bond acceptors (Lipinski definition) is 5. The molecule has 0 aliphatic rings. The van der Waals surface area contributed by atoms with Crippen LogP contribution in [0.3, 0.4) is 0 Å². The number of carbonyl (C=O) groups is 2. The number of anilines is 1. The molecule has 2 amide bonds. The van der Waals surface area contributed by atoms with Crippen LogP contribution in [0.5, 0.6) is 0 Å². The van der Waals surface area contributed by atoms with Gasteiger partial charge in [-0.3, -0.25) is 0 Å². The largest absolute Gasteiger partial charge is 0.478 e. The van der Waals surface area contributed by atoms with E-state index in [1.165, 1.54) is 12.5 Å². The number of carbonyl (C=O) groups excluding carboxylic acids is 1. The second-order valence-electron chi connectivity index (χ2n) is 3.95. The number of benzene rings is 1. The van der Waals surface area contributed by atoms with E-state index < -0.39 is 12.0 Å². The average molecular weight is 288 g/mol. The Bertz CT molecular complexity index is 635. The Labute approximate surface area is 119 Å². The lowest BCUT2D eigenvalue weighted by Gasteiger charge is -2.06. The Morgan fingerprint density at radius 2 is 2.05 bits per heavy atom. The highest BCUT2D eigenvalue weighted by molar-refractivity contribution is 5.89. The Balaban J connectivity index is 1.85. The number of amides is 2. The lowest BCUT2D eigenvalue weighted by Crippen LogP contribution is -2.28. The van der Waals surface area contributed by atoms with E-state index in [9.17, 15) is 9.59 Å². The van der Waals surface area contributed by atoms with E-state index in [2.05, 4.69) is 25.3 Å². The number of nitrogens with zero attached hydrogens (tertiary/aromatic N) is 2. The number of carboxylic acid groups (broad SMARTS) is 1. The first-order chi connectivity index (χ1) is 10.1. The molecule has 8 heteroatoms. The quantitative estimate of drug-likeness (QED) is 0.717. The molecule has 3 N–H and O–H groups in total. The fourth-order valence-corrected chi connectivity index (χ4v) is 1.45. The second kappa shape index (κ2) is 6.85. The number of aliphatic carboxylic acids is 1. The van der Waals surface area contributed by atoms with E-state index in [0.717, 1.165) is 11.6 Å².